The second-order valence-corrected chi connectivity index (χ2v) is 8.00. The lowest BCUT2D eigenvalue weighted by atomic mass is 10.1. The molecule has 2 saturated heterocycles. The highest BCUT2D eigenvalue weighted by atomic mass is 19.1. The number of morpholine rings is 1. The summed E-state index contributed by atoms with van der Waals surface area (Å²) in [7, 11) is 0. The molecule has 0 atom stereocenters. The predicted molar refractivity (Wildman–Crippen MR) is 101 cm³/mol. The molecule has 0 N–H and O–H groups in total. The van der Waals surface area contributed by atoms with Gasteiger partial charge < -0.3 is 24.0 Å². The van der Waals surface area contributed by atoms with Crippen LogP contribution in [0.4, 0.5) is 14.9 Å². The fourth-order valence-electron chi connectivity index (χ4n) is 3.30. The van der Waals surface area contributed by atoms with Crippen molar-refractivity contribution in [2.75, 3.05) is 44.3 Å². The van der Waals surface area contributed by atoms with Gasteiger partial charge in [0.15, 0.2) is 0 Å². The molecule has 0 aromatic heterocycles. The standard InChI is InChI=1S/C20H29FN2O4/c1-20(2,3)27-19(24)23-8-6-16(7-9-23)26-18-5-4-15(21)14-17(18)22-10-12-25-13-11-22/h4-5,14,16H,6-13H2,1-3H3. The number of rotatable bonds is 3. The molecule has 0 aliphatic carbocycles. The molecule has 2 heterocycles. The maximum Gasteiger partial charge on any atom is 0.410 e. The van der Waals surface area contributed by atoms with Crippen LogP contribution in [0.3, 0.4) is 0 Å². The number of carbonyl (C=O) groups is 1. The molecule has 150 valence electrons. The maximum atomic E-state index is 13.8. The van der Waals surface area contributed by atoms with E-state index < -0.39 is 5.60 Å². The van der Waals surface area contributed by atoms with Crippen LogP contribution in [0.25, 0.3) is 0 Å². The zero-order valence-corrected chi connectivity index (χ0v) is 16.4. The van der Waals surface area contributed by atoms with Crippen LogP contribution >= 0.6 is 0 Å². The van der Waals surface area contributed by atoms with Crippen LogP contribution in [0.5, 0.6) is 5.75 Å². The smallest absolute Gasteiger partial charge is 0.410 e. The predicted octanol–water partition coefficient (Wildman–Crippen LogP) is 3.44. The van der Waals surface area contributed by atoms with Crippen molar-refractivity contribution in [2.45, 2.75) is 45.3 Å². The minimum absolute atomic E-state index is 0.00561. The molecule has 2 aliphatic heterocycles. The summed E-state index contributed by atoms with van der Waals surface area (Å²) in [5.74, 6) is 0.414. The van der Waals surface area contributed by atoms with Gasteiger partial charge in [-0.25, -0.2) is 9.18 Å². The second kappa shape index (κ2) is 8.33. The number of ether oxygens (including phenoxy) is 3. The third kappa shape index (κ3) is 5.48. The van der Waals surface area contributed by atoms with Crippen LogP contribution < -0.4 is 9.64 Å². The van der Waals surface area contributed by atoms with Crippen LogP contribution in [0, 0.1) is 5.82 Å². The largest absolute Gasteiger partial charge is 0.488 e. The fourth-order valence-corrected chi connectivity index (χ4v) is 3.30. The minimum Gasteiger partial charge on any atom is -0.488 e. The average Bonchev–Trinajstić information content (AvgIpc) is 2.63. The molecule has 1 aromatic rings. The van der Waals surface area contributed by atoms with Gasteiger partial charge in [0, 0.05) is 45.1 Å². The average molecular weight is 380 g/mol. The summed E-state index contributed by atoms with van der Waals surface area (Å²) in [6.07, 6.45) is 1.16. The lowest BCUT2D eigenvalue weighted by Crippen LogP contribution is -2.44. The first kappa shape index (κ1) is 19.7. The van der Waals surface area contributed by atoms with Crippen LogP contribution in [-0.4, -0.2) is 62.1 Å². The van der Waals surface area contributed by atoms with Gasteiger partial charge in [-0.2, -0.15) is 0 Å². The molecule has 3 rings (SSSR count). The number of carbonyl (C=O) groups excluding carboxylic acids is 1. The van der Waals surface area contributed by atoms with Gasteiger partial charge in [0.05, 0.1) is 18.9 Å². The highest BCUT2D eigenvalue weighted by Gasteiger charge is 2.28. The summed E-state index contributed by atoms with van der Waals surface area (Å²) in [4.78, 5) is 16.0. The molecule has 0 bridgehead atoms. The van der Waals surface area contributed by atoms with E-state index in [1.807, 2.05) is 20.8 Å². The van der Waals surface area contributed by atoms with Crippen molar-refractivity contribution < 1.29 is 23.4 Å². The van der Waals surface area contributed by atoms with E-state index in [4.69, 9.17) is 14.2 Å². The zero-order valence-electron chi connectivity index (χ0n) is 16.4. The quantitative estimate of drug-likeness (QED) is 0.804. The summed E-state index contributed by atoms with van der Waals surface area (Å²) in [6.45, 7) is 9.47. The monoisotopic (exact) mass is 380 g/mol. The molecule has 2 fully saturated rings. The van der Waals surface area contributed by atoms with E-state index in [2.05, 4.69) is 4.90 Å². The van der Waals surface area contributed by atoms with Crippen LogP contribution in [0.15, 0.2) is 18.2 Å². The molecular weight excluding hydrogens is 351 g/mol. The number of anilines is 1. The van der Waals surface area contributed by atoms with Crippen molar-refractivity contribution >= 4 is 11.8 Å². The van der Waals surface area contributed by atoms with E-state index in [1.54, 1.807) is 11.0 Å². The lowest BCUT2D eigenvalue weighted by Gasteiger charge is -2.35. The summed E-state index contributed by atoms with van der Waals surface area (Å²) in [6, 6.07) is 4.64. The van der Waals surface area contributed by atoms with Gasteiger partial charge in [0.2, 0.25) is 0 Å². The van der Waals surface area contributed by atoms with E-state index in [9.17, 15) is 9.18 Å². The number of amides is 1. The molecule has 0 saturated carbocycles. The third-order valence-electron chi connectivity index (χ3n) is 4.66. The normalized spacial score (nSPS) is 19.1. The van der Waals surface area contributed by atoms with E-state index in [0.717, 1.165) is 31.6 Å². The van der Waals surface area contributed by atoms with Crippen molar-refractivity contribution in [3.8, 4) is 5.75 Å². The topological polar surface area (TPSA) is 51.2 Å². The van der Waals surface area contributed by atoms with E-state index >= 15 is 0 Å². The Labute approximate surface area is 160 Å². The Hall–Kier alpha value is -2.02. The molecule has 0 unspecified atom stereocenters. The number of hydrogen-bond acceptors (Lipinski definition) is 5. The molecule has 2 aliphatic rings. The Bertz CT molecular complexity index is 648. The number of benzene rings is 1. The number of likely N-dealkylation sites (tertiary alicyclic amines) is 1. The van der Waals surface area contributed by atoms with E-state index in [1.165, 1.54) is 12.1 Å². The summed E-state index contributed by atoms with van der Waals surface area (Å²) in [5.41, 5.74) is 0.277. The van der Waals surface area contributed by atoms with Crippen molar-refractivity contribution in [1.29, 1.82) is 0 Å². The molecule has 6 nitrogen and oxygen atoms in total. The van der Waals surface area contributed by atoms with Gasteiger partial charge in [0.1, 0.15) is 23.3 Å². The third-order valence-corrected chi connectivity index (χ3v) is 4.66. The van der Waals surface area contributed by atoms with E-state index in [0.29, 0.717) is 32.1 Å². The highest BCUT2D eigenvalue weighted by molar-refractivity contribution is 5.68. The van der Waals surface area contributed by atoms with Gasteiger partial charge in [0.25, 0.3) is 0 Å². The lowest BCUT2D eigenvalue weighted by molar-refractivity contribution is 0.0126. The van der Waals surface area contributed by atoms with E-state index in [-0.39, 0.29) is 18.0 Å². The number of piperidine rings is 1. The summed E-state index contributed by atoms with van der Waals surface area (Å²) < 4.78 is 30.8. The van der Waals surface area contributed by atoms with Crippen LogP contribution in [0.2, 0.25) is 0 Å². The first-order valence-electron chi connectivity index (χ1n) is 9.59. The molecule has 0 spiro atoms. The van der Waals surface area contributed by atoms with Gasteiger partial charge in [-0.05, 0) is 32.9 Å². The van der Waals surface area contributed by atoms with Gasteiger partial charge in [-0.15, -0.1) is 0 Å². The molecule has 1 aromatic carbocycles. The van der Waals surface area contributed by atoms with Crippen molar-refractivity contribution in [3.05, 3.63) is 24.0 Å². The maximum absolute atomic E-state index is 13.8. The number of halogens is 1. The Morgan fingerprint density at radius 2 is 1.81 bits per heavy atom. The van der Waals surface area contributed by atoms with Gasteiger partial charge in [-0.3, -0.25) is 0 Å². The fraction of sp³-hybridized carbons (Fsp3) is 0.650. The molecule has 27 heavy (non-hydrogen) atoms. The van der Waals surface area contributed by atoms with Gasteiger partial charge in [-0.1, -0.05) is 0 Å². The van der Waals surface area contributed by atoms with Crippen LogP contribution in [0.1, 0.15) is 33.6 Å². The highest BCUT2D eigenvalue weighted by Crippen LogP contribution is 2.32. The molecule has 0 radical (unpaired) electrons. The van der Waals surface area contributed by atoms with Crippen molar-refractivity contribution in [1.82, 2.24) is 4.90 Å². The summed E-state index contributed by atoms with van der Waals surface area (Å²) in [5, 5.41) is 0. The molecular formula is C20H29FN2O4. The molecule has 1 amide bonds. The zero-order chi connectivity index (χ0) is 19.4. The summed E-state index contributed by atoms with van der Waals surface area (Å²) >= 11 is 0. The Morgan fingerprint density at radius 3 is 2.44 bits per heavy atom. The van der Waals surface area contributed by atoms with Crippen molar-refractivity contribution in [2.24, 2.45) is 0 Å². The number of hydrogen-bond donors (Lipinski definition) is 0. The Kier molecular flexibility index (Phi) is 6.09. The first-order valence-corrected chi connectivity index (χ1v) is 9.59. The SMILES string of the molecule is CC(C)(C)OC(=O)N1CCC(Oc2ccc(F)cc2N2CCOCC2)CC1. The number of nitrogens with zero attached hydrogens (tertiary/aromatic N) is 2. The van der Waals surface area contributed by atoms with Crippen molar-refractivity contribution in [3.63, 3.8) is 0 Å². The Morgan fingerprint density at radius 1 is 1.15 bits per heavy atom. The minimum atomic E-state index is -0.494. The van der Waals surface area contributed by atoms with Gasteiger partial charge >= 0.3 is 6.09 Å². The first-order chi connectivity index (χ1) is 12.8. The second-order valence-electron chi connectivity index (χ2n) is 8.00. The van der Waals surface area contributed by atoms with Crippen LogP contribution in [-0.2, 0) is 9.47 Å². The molecule has 7 heteroatoms. The Balaban J connectivity index is 1.60.